The Morgan fingerprint density at radius 1 is 1.03 bits per heavy atom. The van der Waals surface area contributed by atoms with Crippen molar-refractivity contribution < 1.29 is 18.7 Å². The van der Waals surface area contributed by atoms with Gasteiger partial charge >= 0.3 is 11.6 Å². The van der Waals surface area contributed by atoms with E-state index in [1.54, 1.807) is 12.1 Å². The Hall–Kier alpha value is -4.06. The van der Waals surface area contributed by atoms with Crippen LogP contribution in [-0.4, -0.2) is 19.3 Å². The lowest BCUT2D eigenvalue weighted by molar-refractivity contribution is 0.0505. The summed E-state index contributed by atoms with van der Waals surface area (Å²) < 4.78 is 17.2. The number of benzene rings is 3. The number of hydrogen-bond acceptors (Lipinski definition) is 6. The molecule has 0 saturated heterocycles. The molecule has 6 heteroatoms. The van der Waals surface area contributed by atoms with Gasteiger partial charge in [0.1, 0.15) is 11.3 Å². The normalized spacial score (nSPS) is 12.8. The van der Waals surface area contributed by atoms with Crippen LogP contribution in [0.25, 0.3) is 11.0 Å². The zero-order valence-corrected chi connectivity index (χ0v) is 20.8. The number of carbonyl (C=O) groups is 1. The van der Waals surface area contributed by atoms with Gasteiger partial charge in [-0.05, 0) is 61.7 Å². The molecule has 6 nitrogen and oxygen atoms in total. The van der Waals surface area contributed by atoms with E-state index in [9.17, 15) is 9.59 Å². The van der Waals surface area contributed by atoms with Gasteiger partial charge in [0.05, 0.1) is 12.2 Å². The van der Waals surface area contributed by atoms with Crippen molar-refractivity contribution >= 4 is 22.6 Å². The Bertz CT molecular complexity index is 1470. The summed E-state index contributed by atoms with van der Waals surface area (Å²) >= 11 is 0. The third-order valence-corrected chi connectivity index (χ3v) is 6.69. The lowest BCUT2D eigenvalue weighted by Crippen LogP contribution is -2.32. The van der Waals surface area contributed by atoms with Crippen LogP contribution >= 0.6 is 0 Å². The number of carbonyl (C=O) groups excluding carboxylic acids is 1. The van der Waals surface area contributed by atoms with Gasteiger partial charge < -0.3 is 18.8 Å². The third kappa shape index (κ3) is 4.47. The first-order valence-corrected chi connectivity index (χ1v) is 12.2. The van der Waals surface area contributed by atoms with Crippen molar-refractivity contribution in [3.63, 3.8) is 0 Å². The predicted octanol–water partition coefficient (Wildman–Crippen LogP) is 5.92. The number of hydrogen-bond donors (Lipinski definition) is 0. The summed E-state index contributed by atoms with van der Waals surface area (Å²) in [5.74, 6) is 0.450. The van der Waals surface area contributed by atoms with E-state index in [0.29, 0.717) is 43.0 Å². The van der Waals surface area contributed by atoms with Crippen molar-refractivity contribution in [2.24, 2.45) is 0 Å². The number of anilines is 1. The molecule has 1 aliphatic rings. The molecule has 3 aromatic carbocycles. The molecule has 0 saturated carbocycles. The number of esters is 1. The maximum Gasteiger partial charge on any atom is 0.340 e. The minimum Gasteiger partial charge on any atom is -0.472 e. The van der Waals surface area contributed by atoms with E-state index >= 15 is 0 Å². The Morgan fingerprint density at radius 2 is 1.78 bits per heavy atom. The van der Waals surface area contributed by atoms with Crippen LogP contribution in [0.4, 0.5) is 5.69 Å². The van der Waals surface area contributed by atoms with Gasteiger partial charge in [-0.25, -0.2) is 9.59 Å². The number of ether oxygens (including phenoxy) is 2. The molecule has 4 aromatic rings. The number of aryl methyl sites for hydroxylation is 2. The Labute approximate surface area is 210 Å². The molecule has 36 heavy (non-hydrogen) atoms. The second-order valence-electron chi connectivity index (χ2n) is 9.18. The van der Waals surface area contributed by atoms with Crippen molar-refractivity contribution in [3.05, 3.63) is 104 Å². The molecule has 1 aromatic heterocycles. The van der Waals surface area contributed by atoms with Crippen LogP contribution < -0.4 is 15.3 Å². The molecule has 0 bridgehead atoms. The summed E-state index contributed by atoms with van der Waals surface area (Å²) in [5.41, 5.74) is 6.30. The topological polar surface area (TPSA) is 69.0 Å². The monoisotopic (exact) mass is 483 g/mol. The summed E-state index contributed by atoms with van der Waals surface area (Å²) in [6.45, 7) is 7.30. The standard InChI is InChI=1S/C30H29NO5/c1-4-14-34-29(32)22-10-12-24(13-11-22)31-17-23-16-25-19(2)26(15-21-8-6-5-7-9-21)30(33)36-28(25)20(3)27(23)35-18-31/h5-13,16H,4,14-15,17-18H2,1-3H3. The number of fused-ring (bicyclic) bond motifs is 2. The first-order chi connectivity index (χ1) is 17.5. The smallest absolute Gasteiger partial charge is 0.340 e. The van der Waals surface area contributed by atoms with Crippen LogP contribution in [0.15, 0.2) is 69.9 Å². The molecule has 0 unspecified atom stereocenters. The Kier molecular flexibility index (Phi) is 6.51. The maximum atomic E-state index is 12.9. The molecule has 0 radical (unpaired) electrons. The highest BCUT2D eigenvalue weighted by atomic mass is 16.5. The molecule has 2 heterocycles. The largest absolute Gasteiger partial charge is 0.472 e. The minimum atomic E-state index is -0.311. The lowest BCUT2D eigenvalue weighted by atomic mass is 9.96. The fourth-order valence-electron chi connectivity index (χ4n) is 4.70. The molecule has 0 aliphatic carbocycles. The van der Waals surface area contributed by atoms with Gasteiger partial charge in [0.25, 0.3) is 0 Å². The van der Waals surface area contributed by atoms with Gasteiger partial charge in [-0.15, -0.1) is 0 Å². The van der Waals surface area contributed by atoms with Gasteiger partial charge in [0.2, 0.25) is 0 Å². The second-order valence-corrected chi connectivity index (χ2v) is 9.18. The van der Waals surface area contributed by atoms with E-state index in [-0.39, 0.29) is 11.6 Å². The minimum absolute atomic E-state index is 0.304. The van der Waals surface area contributed by atoms with E-state index in [4.69, 9.17) is 13.9 Å². The van der Waals surface area contributed by atoms with E-state index in [1.165, 1.54) is 0 Å². The van der Waals surface area contributed by atoms with Crippen molar-refractivity contribution in [3.8, 4) is 5.75 Å². The maximum absolute atomic E-state index is 12.9. The summed E-state index contributed by atoms with van der Waals surface area (Å²) in [4.78, 5) is 27.1. The molecular formula is C30H29NO5. The summed E-state index contributed by atoms with van der Waals surface area (Å²) in [6.07, 6.45) is 1.32. The molecule has 0 spiro atoms. The fraction of sp³-hybridized carbons (Fsp3) is 0.267. The van der Waals surface area contributed by atoms with Crippen LogP contribution in [0.2, 0.25) is 0 Å². The highest BCUT2D eigenvalue weighted by Gasteiger charge is 2.24. The first kappa shape index (κ1) is 23.7. The zero-order chi connectivity index (χ0) is 25.2. The van der Waals surface area contributed by atoms with Gasteiger partial charge in [-0.2, -0.15) is 0 Å². The van der Waals surface area contributed by atoms with Gasteiger partial charge in [0.15, 0.2) is 6.73 Å². The molecular weight excluding hydrogens is 454 g/mol. The molecule has 0 fully saturated rings. The summed E-state index contributed by atoms with van der Waals surface area (Å²) in [5, 5.41) is 0.927. The van der Waals surface area contributed by atoms with E-state index < -0.39 is 0 Å². The van der Waals surface area contributed by atoms with Gasteiger partial charge in [0, 0.05) is 40.7 Å². The summed E-state index contributed by atoms with van der Waals surface area (Å²) in [6, 6.07) is 19.4. The van der Waals surface area contributed by atoms with E-state index in [2.05, 4.69) is 11.0 Å². The fourth-order valence-corrected chi connectivity index (χ4v) is 4.70. The SMILES string of the molecule is CCCOC(=O)c1ccc(N2COc3c(cc4c(C)c(Cc5ccccc5)c(=O)oc4c3C)C2)cc1. The van der Waals surface area contributed by atoms with Crippen LogP contribution in [-0.2, 0) is 17.7 Å². The predicted molar refractivity (Wildman–Crippen MR) is 140 cm³/mol. The van der Waals surface area contributed by atoms with Gasteiger partial charge in [-0.1, -0.05) is 37.3 Å². The van der Waals surface area contributed by atoms with E-state index in [1.807, 2.05) is 63.2 Å². The molecule has 0 atom stereocenters. The Balaban J connectivity index is 1.46. The molecule has 0 amide bonds. The summed E-state index contributed by atoms with van der Waals surface area (Å²) in [7, 11) is 0. The van der Waals surface area contributed by atoms with Crippen molar-refractivity contribution in [2.45, 2.75) is 40.2 Å². The first-order valence-electron chi connectivity index (χ1n) is 12.2. The lowest BCUT2D eigenvalue weighted by Gasteiger charge is -2.32. The van der Waals surface area contributed by atoms with E-state index in [0.717, 1.165) is 45.5 Å². The van der Waals surface area contributed by atoms with Crippen LogP contribution in [0, 0.1) is 13.8 Å². The molecule has 0 N–H and O–H groups in total. The zero-order valence-electron chi connectivity index (χ0n) is 20.8. The molecule has 184 valence electrons. The van der Waals surface area contributed by atoms with Crippen LogP contribution in [0.1, 0.15) is 51.5 Å². The third-order valence-electron chi connectivity index (χ3n) is 6.69. The van der Waals surface area contributed by atoms with Crippen molar-refractivity contribution in [1.29, 1.82) is 0 Å². The Morgan fingerprint density at radius 3 is 2.50 bits per heavy atom. The molecule has 5 rings (SSSR count). The highest BCUT2D eigenvalue weighted by molar-refractivity contribution is 5.90. The number of nitrogens with zero attached hydrogens (tertiary/aromatic N) is 1. The highest BCUT2D eigenvalue weighted by Crippen LogP contribution is 2.37. The van der Waals surface area contributed by atoms with Crippen molar-refractivity contribution in [2.75, 3.05) is 18.2 Å². The average molecular weight is 484 g/mol. The van der Waals surface area contributed by atoms with Crippen molar-refractivity contribution in [1.82, 2.24) is 0 Å². The second kappa shape index (κ2) is 9.90. The van der Waals surface area contributed by atoms with Gasteiger partial charge in [-0.3, -0.25) is 0 Å². The van der Waals surface area contributed by atoms with Crippen LogP contribution in [0.5, 0.6) is 5.75 Å². The molecule has 1 aliphatic heterocycles. The van der Waals surface area contributed by atoms with Crippen LogP contribution in [0.3, 0.4) is 0 Å². The average Bonchev–Trinajstić information content (AvgIpc) is 2.91. The quantitative estimate of drug-likeness (QED) is 0.250. The number of rotatable bonds is 6.